The van der Waals surface area contributed by atoms with Crippen LogP contribution in [0.4, 0.5) is 0 Å². The zero-order chi connectivity index (χ0) is 44.8. The molecule has 0 heterocycles. The summed E-state index contributed by atoms with van der Waals surface area (Å²) in [6.45, 7) is 4.23. The summed E-state index contributed by atoms with van der Waals surface area (Å²) in [5.74, 6) is -0.486. The standard InChI is InChI=1S/C48H89O12P/c1-3-5-7-9-11-13-15-17-19-21-22-23-25-27-29-31-33-35-37-42(49)59-41(40-58-61(55,56)60-48-46(53)44(51)43(50)45(52)47(48)54)39-57-38-36-34-32-30-28-26-24-20-18-16-14-12-10-8-6-4-2/h13,15,18-21,41,43-48,50-54H,3-12,14,16-17,22-40H2,1-2H3,(H,55,56)/b15-13-,20-18-,21-19-. The molecule has 358 valence electrons. The van der Waals surface area contributed by atoms with E-state index in [4.69, 9.17) is 18.5 Å². The van der Waals surface area contributed by atoms with Gasteiger partial charge >= 0.3 is 13.8 Å². The lowest BCUT2D eigenvalue weighted by molar-refractivity contribution is -0.220. The van der Waals surface area contributed by atoms with Gasteiger partial charge in [-0.05, 0) is 70.6 Å². The summed E-state index contributed by atoms with van der Waals surface area (Å²) in [4.78, 5) is 23.2. The highest BCUT2D eigenvalue weighted by Crippen LogP contribution is 2.47. The molecule has 0 aromatic heterocycles. The van der Waals surface area contributed by atoms with E-state index in [1.54, 1.807) is 0 Å². The first-order valence-corrected chi connectivity index (χ1v) is 25.8. The molecule has 0 spiro atoms. The lowest BCUT2D eigenvalue weighted by Crippen LogP contribution is -2.64. The number of phosphoric acid groups is 1. The normalized spacial score (nSPS) is 22.4. The average molecular weight is 889 g/mol. The van der Waals surface area contributed by atoms with E-state index >= 15 is 0 Å². The molecule has 0 saturated heterocycles. The first-order valence-electron chi connectivity index (χ1n) is 24.3. The van der Waals surface area contributed by atoms with E-state index < -0.39 is 63.1 Å². The van der Waals surface area contributed by atoms with Crippen molar-refractivity contribution in [2.24, 2.45) is 0 Å². The summed E-state index contributed by atoms with van der Waals surface area (Å²) in [6.07, 6.45) is 33.5. The molecule has 0 bridgehead atoms. The van der Waals surface area contributed by atoms with Gasteiger partial charge in [0, 0.05) is 13.0 Å². The number of hydrogen-bond donors (Lipinski definition) is 6. The van der Waals surface area contributed by atoms with E-state index in [9.17, 15) is 39.8 Å². The quantitative estimate of drug-likeness (QED) is 0.0148. The molecule has 0 amide bonds. The first-order chi connectivity index (χ1) is 29.5. The van der Waals surface area contributed by atoms with Gasteiger partial charge in [0.1, 0.15) is 42.7 Å². The number of aliphatic hydroxyl groups is 5. The summed E-state index contributed by atoms with van der Waals surface area (Å²) < 4.78 is 34.2. The van der Waals surface area contributed by atoms with Crippen molar-refractivity contribution in [2.45, 2.75) is 243 Å². The predicted octanol–water partition coefficient (Wildman–Crippen LogP) is 10.3. The Balaban J connectivity index is 2.38. The molecular weight excluding hydrogens is 799 g/mol. The van der Waals surface area contributed by atoms with Crippen LogP contribution in [0.1, 0.15) is 200 Å². The number of allylic oxidation sites excluding steroid dienone is 6. The molecule has 0 aromatic carbocycles. The van der Waals surface area contributed by atoms with Crippen LogP contribution in [0, 0.1) is 0 Å². The number of ether oxygens (including phenoxy) is 2. The molecule has 6 atom stereocenters. The number of hydrogen-bond acceptors (Lipinski definition) is 11. The highest BCUT2D eigenvalue weighted by Gasteiger charge is 2.51. The molecular formula is C48H89O12P. The number of aliphatic hydroxyl groups excluding tert-OH is 5. The molecule has 0 radical (unpaired) electrons. The molecule has 0 aromatic rings. The molecule has 1 aliphatic rings. The van der Waals surface area contributed by atoms with Crippen molar-refractivity contribution in [1.82, 2.24) is 0 Å². The van der Waals surface area contributed by atoms with Crippen molar-refractivity contribution in [3.63, 3.8) is 0 Å². The molecule has 1 rings (SSSR count). The molecule has 12 nitrogen and oxygen atoms in total. The number of carbonyl (C=O) groups excluding carboxylic acids is 1. The van der Waals surface area contributed by atoms with Crippen LogP contribution in [0.5, 0.6) is 0 Å². The molecule has 1 fully saturated rings. The molecule has 6 N–H and O–H groups in total. The van der Waals surface area contributed by atoms with E-state index in [1.807, 2.05) is 0 Å². The monoisotopic (exact) mass is 889 g/mol. The Morgan fingerprint density at radius 3 is 1.41 bits per heavy atom. The number of carbonyl (C=O) groups is 1. The Hall–Kier alpha value is -1.44. The van der Waals surface area contributed by atoms with Gasteiger partial charge in [-0.1, -0.05) is 159 Å². The highest BCUT2D eigenvalue weighted by molar-refractivity contribution is 7.47. The second-order valence-corrected chi connectivity index (χ2v) is 18.4. The van der Waals surface area contributed by atoms with Gasteiger partial charge in [-0.2, -0.15) is 0 Å². The van der Waals surface area contributed by atoms with Crippen LogP contribution in [-0.2, 0) is 27.9 Å². The van der Waals surface area contributed by atoms with E-state index in [1.165, 1.54) is 103 Å². The van der Waals surface area contributed by atoms with Crippen LogP contribution in [-0.4, -0.2) is 98.9 Å². The molecule has 0 aliphatic heterocycles. The van der Waals surface area contributed by atoms with Gasteiger partial charge in [-0.25, -0.2) is 4.57 Å². The van der Waals surface area contributed by atoms with Crippen LogP contribution >= 0.6 is 7.82 Å². The zero-order valence-electron chi connectivity index (χ0n) is 38.2. The second-order valence-electron chi connectivity index (χ2n) is 17.0. The van der Waals surface area contributed by atoms with Crippen molar-refractivity contribution in [3.8, 4) is 0 Å². The summed E-state index contributed by atoms with van der Waals surface area (Å²) in [5.41, 5.74) is 0. The maximum Gasteiger partial charge on any atom is 0.472 e. The molecule has 61 heavy (non-hydrogen) atoms. The maximum absolute atomic E-state index is 12.8. The van der Waals surface area contributed by atoms with Crippen molar-refractivity contribution >= 4 is 13.8 Å². The fourth-order valence-electron chi connectivity index (χ4n) is 7.32. The van der Waals surface area contributed by atoms with Crippen LogP contribution in [0.15, 0.2) is 36.5 Å². The minimum atomic E-state index is -5.02. The van der Waals surface area contributed by atoms with Gasteiger partial charge in [-0.3, -0.25) is 13.8 Å². The third-order valence-corrected chi connectivity index (χ3v) is 12.2. The summed E-state index contributed by atoms with van der Waals surface area (Å²) >= 11 is 0. The number of rotatable bonds is 41. The molecule has 1 saturated carbocycles. The minimum absolute atomic E-state index is 0.0832. The van der Waals surface area contributed by atoms with E-state index in [-0.39, 0.29) is 13.0 Å². The average Bonchev–Trinajstić information content (AvgIpc) is 3.24. The SMILES string of the molecule is CCCCCC/C=C\C/C=C\CCCCCCCCCC(=O)OC(COCCCCCCCC/C=C\CCCCCCCC)COP(=O)(O)OC1C(O)C(O)C(O)C(O)C1O. The van der Waals surface area contributed by atoms with Gasteiger partial charge in [0.15, 0.2) is 0 Å². The van der Waals surface area contributed by atoms with Gasteiger partial charge in [0.05, 0.1) is 13.2 Å². The third-order valence-electron chi connectivity index (χ3n) is 11.2. The lowest BCUT2D eigenvalue weighted by atomic mass is 9.85. The van der Waals surface area contributed by atoms with Crippen LogP contribution < -0.4 is 0 Å². The molecule has 13 heteroatoms. The van der Waals surface area contributed by atoms with Crippen molar-refractivity contribution in [3.05, 3.63) is 36.5 Å². The zero-order valence-corrected chi connectivity index (χ0v) is 39.1. The summed E-state index contributed by atoms with van der Waals surface area (Å²) in [7, 11) is -5.02. The van der Waals surface area contributed by atoms with Crippen molar-refractivity contribution in [1.29, 1.82) is 0 Å². The van der Waals surface area contributed by atoms with Crippen molar-refractivity contribution < 1.29 is 58.3 Å². The van der Waals surface area contributed by atoms with Gasteiger partial charge in [0.2, 0.25) is 0 Å². The summed E-state index contributed by atoms with van der Waals surface area (Å²) in [5, 5.41) is 50.2. The topological polar surface area (TPSA) is 192 Å². The lowest BCUT2D eigenvalue weighted by Gasteiger charge is -2.41. The number of phosphoric ester groups is 1. The third kappa shape index (κ3) is 31.1. The van der Waals surface area contributed by atoms with Crippen LogP contribution in [0.3, 0.4) is 0 Å². The maximum atomic E-state index is 12.8. The van der Waals surface area contributed by atoms with Crippen LogP contribution in [0.25, 0.3) is 0 Å². The highest BCUT2D eigenvalue weighted by atomic mass is 31.2. The largest absolute Gasteiger partial charge is 0.472 e. The Kier molecular flexibility index (Phi) is 36.8. The van der Waals surface area contributed by atoms with E-state index in [0.29, 0.717) is 13.0 Å². The Morgan fingerprint density at radius 2 is 0.918 bits per heavy atom. The van der Waals surface area contributed by atoms with E-state index in [0.717, 1.165) is 70.6 Å². The Bertz CT molecular complexity index is 1150. The predicted molar refractivity (Wildman–Crippen MR) is 244 cm³/mol. The minimum Gasteiger partial charge on any atom is -0.457 e. The second kappa shape index (κ2) is 39.0. The van der Waals surface area contributed by atoms with Gasteiger partial charge in [0.25, 0.3) is 0 Å². The molecule has 6 unspecified atom stereocenters. The van der Waals surface area contributed by atoms with Crippen LogP contribution in [0.2, 0.25) is 0 Å². The fourth-order valence-corrected chi connectivity index (χ4v) is 8.29. The number of esters is 1. The smallest absolute Gasteiger partial charge is 0.457 e. The van der Waals surface area contributed by atoms with E-state index in [2.05, 4.69) is 50.3 Å². The van der Waals surface area contributed by atoms with Gasteiger partial charge in [-0.15, -0.1) is 0 Å². The molecule has 1 aliphatic carbocycles. The number of unbranched alkanes of at least 4 members (excludes halogenated alkanes) is 23. The fraction of sp³-hybridized carbons (Fsp3) is 0.854. The first kappa shape index (κ1) is 57.6. The van der Waals surface area contributed by atoms with Crippen molar-refractivity contribution in [2.75, 3.05) is 19.8 Å². The summed E-state index contributed by atoms with van der Waals surface area (Å²) in [6, 6.07) is 0. The Labute approximate surface area is 370 Å². The van der Waals surface area contributed by atoms with Gasteiger partial charge < -0.3 is 39.9 Å². The Morgan fingerprint density at radius 1 is 0.525 bits per heavy atom.